The van der Waals surface area contributed by atoms with Crippen molar-refractivity contribution in [3.05, 3.63) is 0 Å². The summed E-state index contributed by atoms with van der Waals surface area (Å²) in [5.41, 5.74) is 0. The average molecular weight is 531 g/mol. The van der Waals surface area contributed by atoms with Gasteiger partial charge >= 0.3 is 7.60 Å². The van der Waals surface area contributed by atoms with Crippen molar-refractivity contribution >= 4 is 30.2 Å². The van der Waals surface area contributed by atoms with Gasteiger partial charge in [-0.2, -0.15) is 0 Å². The van der Waals surface area contributed by atoms with Crippen LogP contribution in [-0.4, -0.2) is 20.4 Å². The molecule has 0 rings (SSSR count). The normalized spacial score (nSPS) is 12.0. The van der Waals surface area contributed by atoms with Crippen LogP contribution in [0.25, 0.3) is 0 Å². The Hall–Kier alpha value is 0.880. The summed E-state index contributed by atoms with van der Waals surface area (Å²) in [6.45, 7) is 0. The Bertz CT molecular complexity index is 347. The van der Waals surface area contributed by atoms with Gasteiger partial charge in [0.05, 0.1) is 0 Å². The third-order valence-electron chi connectivity index (χ3n) is 5.58. The van der Waals surface area contributed by atoms with Crippen LogP contribution in [0, 0.1) is 0 Å². The van der Waals surface area contributed by atoms with Gasteiger partial charge in [-0.1, -0.05) is 145 Å². The zero-order valence-corrected chi connectivity index (χ0v) is 21.4. The van der Waals surface area contributed by atoms with Crippen molar-refractivity contribution < 1.29 is 14.4 Å². The highest BCUT2D eigenvalue weighted by atomic mass is 127. The highest BCUT2D eigenvalue weighted by Gasteiger charge is 2.10. The molecule has 0 aromatic carbocycles. The molecule has 0 amide bonds. The van der Waals surface area contributed by atoms with Crippen LogP contribution in [-0.2, 0) is 4.57 Å². The standard InChI is InChI=1S/C23H48IO3P/c24-22-20-18-16-14-12-10-8-6-4-2-1-3-5-7-9-11-13-15-17-19-21-23-28(25,26)27/h1-23H2,(H2,25,26,27). The predicted octanol–water partition coefficient (Wildman–Crippen LogP) is 8.79. The molecule has 0 aromatic heterocycles. The Morgan fingerprint density at radius 1 is 0.429 bits per heavy atom. The van der Waals surface area contributed by atoms with Crippen LogP contribution < -0.4 is 0 Å². The van der Waals surface area contributed by atoms with Crippen molar-refractivity contribution in [3.63, 3.8) is 0 Å². The molecule has 0 aliphatic rings. The highest BCUT2D eigenvalue weighted by molar-refractivity contribution is 14.1. The zero-order valence-electron chi connectivity index (χ0n) is 18.4. The quantitative estimate of drug-likeness (QED) is 0.0601. The third-order valence-corrected chi connectivity index (χ3v) is 7.24. The molecule has 0 atom stereocenters. The van der Waals surface area contributed by atoms with Crippen molar-refractivity contribution in [1.82, 2.24) is 0 Å². The molecule has 0 saturated heterocycles. The van der Waals surface area contributed by atoms with E-state index in [1.165, 1.54) is 120 Å². The molecule has 0 saturated carbocycles. The van der Waals surface area contributed by atoms with Gasteiger partial charge in [0.1, 0.15) is 0 Å². The Balaban J connectivity index is 3.02. The summed E-state index contributed by atoms with van der Waals surface area (Å²) >= 11 is 2.48. The molecule has 0 bridgehead atoms. The second-order valence-corrected chi connectivity index (χ2v) is 11.4. The van der Waals surface area contributed by atoms with Gasteiger partial charge in [-0.15, -0.1) is 0 Å². The summed E-state index contributed by atoms with van der Waals surface area (Å²) in [5.74, 6) is 0. The Labute approximate surface area is 189 Å². The number of halogens is 1. The van der Waals surface area contributed by atoms with Gasteiger partial charge in [0.2, 0.25) is 0 Å². The number of hydrogen-bond donors (Lipinski definition) is 2. The fourth-order valence-electron chi connectivity index (χ4n) is 3.77. The van der Waals surface area contributed by atoms with Crippen molar-refractivity contribution in [2.45, 2.75) is 135 Å². The van der Waals surface area contributed by atoms with Gasteiger partial charge in [-0.05, 0) is 17.3 Å². The minimum atomic E-state index is -3.76. The van der Waals surface area contributed by atoms with E-state index in [1.807, 2.05) is 0 Å². The molecule has 0 spiro atoms. The maximum absolute atomic E-state index is 10.7. The van der Waals surface area contributed by atoms with Gasteiger partial charge < -0.3 is 9.79 Å². The molecule has 0 heterocycles. The topological polar surface area (TPSA) is 57.5 Å². The summed E-state index contributed by atoms with van der Waals surface area (Å²) in [7, 11) is -3.76. The first-order chi connectivity index (χ1) is 13.6. The monoisotopic (exact) mass is 530 g/mol. The molecule has 0 aromatic rings. The van der Waals surface area contributed by atoms with Crippen LogP contribution in [0.1, 0.15) is 135 Å². The van der Waals surface area contributed by atoms with E-state index in [1.54, 1.807) is 0 Å². The van der Waals surface area contributed by atoms with Gasteiger partial charge in [0, 0.05) is 6.16 Å². The Kier molecular flexibility index (Phi) is 23.3. The van der Waals surface area contributed by atoms with E-state index in [0.717, 1.165) is 12.8 Å². The number of unbranched alkanes of at least 4 members (excludes halogenated alkanes) is 20. The molecule has 2 N–H and O–H groups in total. The summed E-state index contributed by atoms with van der Waals surface area (Å²) < 4.78 is 12.1. The number of alkyl halides is 1. The minimum absolute atomic E-state index is 0.0614. The second-order valence-electron chi connectivity index (χ2n) is 8.50. The lowest BCUT2D eigenvalue weighted by atomic mass is 10.0. The zero-order chi connectivity index (χ0) is 20.8. The average Bonchev–Trinajstić information content (AvgIpc) is 2.65. The molecule has 28 heavy (non-hydrogen) atoms. The van der Waals surface area contributed by atoms with Gasteiger partial charge in [0.15, 0.2) is 0 Å². The van der Waals surface area contributed by atoms with Crippen molar-refractivity contribution in [1.29, 1.82) is 0 Å². The minimum Gasteiger partial charge on any atom is -0.324 e. The highest BCUT2D eigenvalue weighted by Crippen LogP contribution is 2.35. The van der Waals surface area contributed by atoms with Crippen LogP contribution >= 0.6 is 30.2 Å². The molecular formula is C23H48IO3P. The van der Waals surface area contributed by atoms with E-state index in [0.29, 0.717) is 6.42 Å². The van der Waals surface area contributed by atoms with E-state index in [-0.39, 0.29) is 6.16 Å². The first kappa shape index (κ1) is 28.9. The molecule has 0 fully saturated rings. The van der Waals surface area contributed by atoms with Crippen LogP contribution in [0.2, 0.25) is 0 Å². The van der Waals surface area contributed by atoms with Gasteiger partial charge in [-0.25, -0.2) is 0 Å². The fraction of sp³-hybridized carbons (Fsp3) is 1.00. The van der Waals surface area contributed by atoms with Crippen molar-refractivity contribution in [2.24, 2.45) is 0 Å². The summed E-state index contributed by atoms with van der Waals surface area (Å²) in [6, 6.07) is 0. The first-order valence-electron chi connectivity index (χ1n) is 12.2. The first-order valence-corrected chi connectivity index (χ1v) is 15.5. The van der Waals surface area contributed by atoms with E-state index in [4.69, 9.17) is 9.79 Å². The van der Waals surface area contributed by atoms with Crippen LogP contribution in [0.3, 0.4) is 0 Å². The maximum atomic E-state index is 10.7. The largest absolute Gasteiger partial charge is 0.325 e. The van der Waals surface area contributed by atoms with Crippen LogP contribution in [0.15, 0.2) is 0 Å². The van der Waals surface area contributed by atoms with Crippen molar-refractivity contribution in [3.8, 4) is 0 Å². The Morgan fingerprint density at radius 2 is 0.643 bits per heavy atom. The summed E-state index contributed by atoms with van der Waals surface area (Å²) in [6.07, 6.45) is 28.1. The molecule has 0 radical (unpaired) electrons. The molecule has 0 aliphatic heterocycles. The maximum Gasteiger partial charge on any atom is 0.325 e. The molecule has 170 valence electrons. The molecule has 0 aliphatic carbocycles. The van der Waals surface area contributed by atoms with E-state index < -0.39 is 7.60 Å². The van der Waals surface area contributed by atoms with Crippen molar-refractivity contribution in [2.75, 3.05) is 10.6 Å². The summed E-state index contributed by atoms with van der Waals surface area (Å²) in [4.78, 5) is 17.6. The molecule has 5 heteroatoms. The lowest BCUT2D eigenvalue weighted by Crippen LogP contribution is -1.88. The Morgan fingerprint density at radius 3 is 0.857 bits per heavy atom. The predicted molar refractivity (Wildman–Crippen MR) is 133 cm³/mol. The van der Waals surface area contributed by atoms with Gasteiger partial charge in [0.25, 0.3) is 0 Å². The molecule has 0 unspecified atom stereocenters. The van der Waals surface area contributed by atoms with E-state index in [2.05, 4.69) is 22.6 Å². The van der Waals surface area contributed by atoms with Crippen LogP contribution in [0.5, 0.6) is 0 Å². The smallest absolute Gasteiger partial charge is 0.324 e. The van der Waals surface area contributed by atoms with Gasteiger partial charge in [-0.3, -0.25) is 4.57 Å². The lowest BCUT2D eigenvalue weighted by Gasteiger charge is -2.05. The molecule has 3 nitrogen and oxygen atoms in total. The third kappa shape index (κ3) is 26.9. The number of rotatable bonds is 23. The van der Waals surface area contributed by atoms with E-state index in [9.17, 15) is 4.57 Å². The second kappa shape index (κ2) is 22.6. The SMILES string of the molecule is O=P(O)(O)CCCCCCCCCCCCCCCCCCCCCCCI. The fourth-order valence-corrected chi connectivity index (χ4v) is 4.95. The van der Waals surface area contributed by atoms with Crippen LogP contribution in [0.4, 0.5) is 0 Å². The lowest BCUT2D eigenvalue weighted by molar-refractivity contribution is 0.370. The number of hydrogen-bond acceptors (Lipinski definition) is 1. The van der Waals surface area contributed by atoms with E-state index >= 15 is 0 Å². The summed E-state index contributed by atoms with van der Waals surface area (Å²) in [5, 5.41) is 0. The molecular weight excluding hydrogens is 482 g/mol.